The SMILES string of the molecule is CC(=O)Nc1ccn([C@@H]2CCN(C[C@@H](O)c3ccccc3)C2)n1. The van der Waals surface area contributed by atoms with Crippen LogP contribution in [-0.2, 0) is 4.79 Å². The van der Waals surface area contributed by atoms with E-state index >= 15 is 0 Å². The average molecular weight is 314 g/mol. The molecule has 2 heterocycles. The second kappa shape index (κ2) is 6.93. The lowest BCUT2D eigenvalue weighted by Crippen LogP contribution is -2.27. The quantitative estimate of drug-likeness (QED) is 0.883. The second-order valence-corrected chi connectivity index (χ2v) is 5.99. The largest absolute Gasteiger partial charge is 0.387 e. The van der Waals surface area contributed by atoms with Crippen LogP contribution >= 0.6 is 0 Å². The van der Waals surface area contributed by atoms with E-state index in [9.17, 15) is 9.90 Å². The minimum atomic E-state index is -0.470. The van der Waals surface area contributed by atoms with Crippen molar-refractivity contribution in [2.24, 2.45) is 0 Å². The molecule has 1 aliphatic rings. The monoisotopic (exact) mass is 314 g/mol. The van der Waals surface area contributed by atoms with Crippen LogP contribution in [0.25, 0.3) is 0 Å². The highest BCUT2D eigenvalue weighted by Crippen LogP contribution is 2.24. The number of nitrogens with one attached hydrogen (secondary N) is 1. The van der Waals surface area contributed by atoms with Crippen LogP contribution in [0, 0.1) is 0 Å². The zero-order valence-corrected chi connectivity index (χ0v) is 13.2. The lowest BCUT2D eigenvalue weighted by atomic mass is 10.1. The Balaban J connectivity index is 1.56. The molecule has 1 amide bonds. The number of benzene rings is 1. The third-order valence-corrected chi connectivity index (χ3v) is 4.15. The molecular formula is C17H22N4O2. The van der Waals surface area contributed by atoms with Gasteiger partial charge in [-0.2, -0.15) is 5.10 Å². The molecule has 6 nitrogen and oxygen atoms in total. The van der Waals surface area contributed by atoms with Crippen LogP contribution in [0.3, 0.4) is 0 Å². The molecule has 1 aliphatic heterocycles. The van der Waals surface area contributed by atoms with Crippen LogP contribution < -0.4 is 5.32 Å². The fourth-order valence-electron chi connectivity index (χ4n) is 3.01. The molecule has 0 unspecified atom stereocenters. The lowest BCUT2D eigenvalue weighted by Gasteiger charge is -2.20. The molecule has 0 saturated carbocycles. The van der Waals surface area contributed by atoms with Gasteiger partial charge in [0.25, 0.3) is 0 Å². The van der Waals surface area contributed by atoms with E-state index < -0.39 is 6.10 Å². The van der Waals surface area contributed by atoms with Crippen LogP contribution in [0.15, 0.2) is 42.6 Å². The first-order chi connectivity index (χ1) is 11.1. The summed E-state index contributed by atoms with van der Waals surface area (Å²) in [6.45, 7) is 3.89. The number of anilines is 1. The number of amides is 1. The second-order valence-electron chi connectivity index (χ2n) is 5.99. The Morgan fingerprint density at radius 2 is 2.17 bits per heavy atom. The van der Waals surface area contributed by atoms with E-state index in [4.69, 9.17) is 0 Å². The van der Waals surface area contributed by atoms with E-state index in [1.807, 2.05) is 47.3 Å². The third-order valence-electron chi connectivity index (χ3n) is 4.15. The Labute approximate surface area is 135 Å². The average Bonchev–Trinajstić information content (AvgIpc) is 3.17. The topological polar surface area (TPSA) is 70.4 Å². The minimum absolute atomic E-state index is 0.116. The first-order valence-electron chi connectivity index (χ1n) is 7.90. The first kappa shape index (κ1) is 15.7. The van der Waals surface area contributed by atoms with Gasteiger partial charge in [0.15, 0.2) is 5.82 Å². The summed E-state index contributed by atoms with van der Waals surface area (Å²) in [6.07, 6.45) is 2.41. The first-order valence-corrected chi connectivity index (χ1v) is 7.90. The molecule has 1 saturated heterocycles. The van der Waals surface area contributed by atoms with Crippen molar-refractivity contribution in [3.63, 3.8) is 0 Å². The summed E-state index contributed by atoms with van der Waals surface area (Å²) < 4.78 is 1.90. The maximum absolute atomic E-state index is 11.1. The highest BCUT2D eigenvalue weighted by atomic mass is 16.3. The molecule has 1 aromatic carbocycles. The fraction of sp³-hybridized carbons (Fsp3) is 0.412. The number of β-amino-alcohol motifs (C(OH)–C–C–N with tert-alkyl or cyclic N) is 1. The molecule has 122 valence electrons. The summed E-state index contributed by atoms with van der Waals surface area (Å²) in [5.74, 6) is 0.467. The highest BCUT2D eigenvalue weighted by molar-refractivity contribution is 5.87. The molecular weight excluding hydrogens is 292 g/mol. The maximum Gasteiger partial charge on any atom is 0.222 e. The summed E-state index contributed by atoms with van der Waals surface area (Å²) >= 11 is 0. The normalized spacial score (nSPS) is 19.7. The molecule has 3 rings (SSSR count). The molecule has 0 aliphatic carbocycles. The number of aromatic nitrogens is 2. The number of aliphatic hydroxyl groups is 1. The van der Waals surface area contributed by atoms with E-state index in [0.29, 0.717) is 12.4 Å². The van der Waals surface area contributed by atoms with E-state index in [1.165, 1.54) is 6.92 Å². The van der Waals surface area contributed by atoms with Gasteiger partial charge in [0.2, 0.25) is 5.91 Å². The predicted octanol–water partition coefficient (Wildman–Crippen LogP) is 1.82. The smallest absolute Gasteiger partial charge is 0.222 e. The number of likely N-dealkylation sites (tertiary alicyclic amines) is 1. The van der Waals surface area contributed by atoms with Crippen molar-refractivity contribution in [1.82, 2.24) is 14.7 Å². The minimum Gasteiger partial charge on any atom is -0.387 e. The van der Waals surface area contributed by atoms with E-state index in [0.717, 1.165) is 25.1 Å². The third kappa shape index (κ3) is 3.97. The van der Waals surface area contributed by atoms with Crippen molar-refractivity contribution in [3.8, 4) is 0 Å². The summed E-state index contributed by atoms with van der Waals surface area (Å²) in [6, 6.07) is 11.8. The highest BCUT2D eigenvalue weighted by Gasteiger charge is 2.26. The van der Waals surface area contributed by atoms with Crippen molar-refractivity contribution in [2.45, 2.75) is 25.5 Å². The van der Waals surface area contributed by atoms with Crippen LogP contribution in [0.4, 0.5) is 5.82 Å². The number of nitrogens with zero attached hydrogens (tertiary/aromatic N) is 3. The van der Waals surface area contributed by atoms with Gasteiger partial charge in [-0.25, -0.2) is 0 Å². The summed E-state index contributed by atoms with van der Waals surface area (Å²) in [5, 5.41) is 17.4. The van der Waals surface area contributed by atoms with Crippen LogP contribution in [0.2, 0.25) is 0 Å². The molecule has 6 heteroatoms. The fourth-order valence-corrected chi connectivity index (χ4v) is 3.01. The maximum atomic E-state index is 11.1. The summed E-state index contributed by atoms with van der Waals surface area (Å²) in [7, 11) is 0. The zero-order chi connectivity index (χ0) is 16.2. The Morgan fingerprint density at radius 1 is 1.39 bits per heavy atom. The molecule has 2 N–H and O–H groups in total. The Morgan fingerprint density at radius 3 is 2.91 bits per heavy atom. The van der Waals surface area contributed by atoms with Gasteiger partial charge in [-0.15, -0.1) is 0 Å². The number of carbonyl (C=O) groups is 1. The lowest BCUT2D eigenvalue weighted by molar-refractivity contribution is -0.114. The molecule has 1 aromatic heterocycles. The van der Waals surface area contributed by atoms with Gasteiger partial charge in [-0.05, 0) is 12.0 Å². The van der Waals surface area contributed by atoms with Crippen molar-refractivity contribution in [2.75, 3.05) is 25.0 Å². The molecule has 2 atom stereocenters. The van der Waals surface area contributed by atoms with Gasteiger partial charge in [0, 0.05) is 38.8 Å². The van der Waals surface area contributed by atoms with Gasteiger partial charge < -0.3 is 10.4 Å². The Hall–Kier alpha value is -2.18. The number of aliphatic hydroxyl groups excluding tert-OH is 1. The molecule has 23 heavy (non-hydrogen) atoms. The molecule has 1 fully saturated rings. The van der Waals surface area contributed by atoms with Crippen molar-refractivity contribution in [1.29, 1.82) is 0 Å². The van der Waals surface area contributed by atoms with Gasteiger partial charge in [0.1, 0.15) is 0 Å². The molecule has 0 spiro atoms. The van der Waals surface area contributed by atoms with Crippen LogP contribution in [-0.4, -0.2) is 45.3 Å². The summed E-state index contributed by atoms with van der Waals surface area (Å²) in [4.78, 5) is 13.3. The van der Waals surface area contributed by atoms with Gasteiger partial charge >= 0.3 is 0 Å². The van der Waals surface area contributed by atoms with Gasteiger partial charge in [-0.1, -0.05) is 30.3 Å². The number of carbonyl (C=O) groups excluding carboxylic acids is 1. The zero-order valence-electron chi connectivity index (χ0n) is 13.2. The van der Waals surface area contributed by atoms with Crippen LogP contribution in [0.5, 0.6) is 0 Å². The van der Waals surface area contributed by atoms with Gasteiger partial charge in [0.05, 0.1) is 12.1 Å². The standard InChI is InChI=1S/C17H22N4O2/c1-13(22)18-17-8-10-21(19-17)15-7-9-20(11-15)12-16(23)14-5-3-2-4-6-14/h2-6,8,10,15-16,23H,7,9,11-12H2,1H3,(H,18,19,22)/t15-,16-/m1/s1. The molecule has 0 bridgehead atoms. The molecule has 0 radical (unpaired) electrons. The van der Waals surface area contributed by atoms with E-state index in [-0.39, 0.29) is 11.9 Å². The van der Waals surface area contributed by atoms with Crippen molar-refractivity contribution >= 4 is 11.7 Å². The predicted molar refractivity (Wildman–Crippen MR) is 88.0 cm³/mol. The summed E-state index contributed by atoms with van der Waals surface area (Å²) in [5.41, 5.74) is 0.947. The van der Waals surface area contributed by atoms with Crippen LogP contribution in [0.1, 0.15) is 31.1 Å². The number of rotatable bonds is 5. The number of hydrogen-bond donors (Lipinski definition) is 2. The Bertz CT molecular complexity index is 656. The molecule has 2 aromatic rings. The Kier molecular flexibility index (Phi) is 4.73. The van der Waals surface area contributed by atoms with E-state index in [2.05, 4.69) is 15.3 Å². The van der Waals surface area contributed by atoms with Crippen molar-refractivity contribution < 1.29 is 9.90 Å². The van der Waals surface area contributed by atoms with E-state index in [1.54, 1.807) is 0 Å². The van der Waals surface area contributed by atoms with Crippen molar-refractivity contribution in [3.05, 3.63) is 48.2 Å². The van der Waals surface area contributed by atoms with Gasteiger partial charge in [-0.3, -0.25) is 14.4 Å². The number of hydrogen-bond acceptors (Lipinski definition) is 4.